The van der Waals surface area contributed by atoms with E-state index in [0.29, 0.717) is 29.4 Å². The standard InChI is InChI=1S/C22H17ClF3N3O/c23-14-3-1-13(2-4-14)22(30)28-20-17(18-11-15(24)5-6-19(18)26)7-9-27-21(20)29-10-8-16(25)12-29/h1-7,9,11,16H,8,10,12H2,(H,28,30)/t16-/m0/s1. The fraction of sp³-hybridized carbons (Fsp3) is 0.182. The molecule has 4 rings (SSSR count). The molecule has 8 heteroatoms. The monoisotopic (exact) mass is 431 g/mol. The molecule has 2 aromatic carbocycles. The second kappa shape index (κ2) is 8.36. The van der Waals surface area contributed by atoms with Gasteiger partial charge < -0.3 is 10.2 Å². The van der Waals surface area contributed by atoms with E-state index in [4.69, 9.17) is 11.6 Å². The van der Waals surface area contributed by atoms with Crippen molar-refractivity contribution in [1.29, 1.82) is 0 Å². The van der Waals surface area contributed by atoms with E-state index < -0.39 is 23.7 Å². The van der Waals surface area contributed by atoms with Crippen LogP contribution in [0.2, 0.25) is 5.02 Å². The average molecular weight is 432 g/mol. The van der Waals surface area contributed by atoms with Crippen LogP contribution in [0.5, 0.6) is 0 Å². The Morgan fingerprint density at radius 2 is 1.87 bits per heavy atom. The van der Waals surface area contributed by atoms with Crippen LogP contribution < -0.4 is 10.2 Å². The summed E-state index contributed by atoms with van der Waals surface area (Å²) in [5, 5.41) is 3.23. The third-order valence-electron chi connectivity index (χ3n) is 4.92. The van der Waals surface area contributed by atoms with Crippen LogP contribution in [0.25, 0.3) is 11.1 Å². The first-order chi connectivity index (χ1) is 14.4. The maximum Gasteiger partial charge on any atom is 0.255 e. The molecule has 30 heavy (non-hydrogen) atoms. The quantitative estimate of drug-likeness (QED) is 0.595. The first-order valence-corrected chi connectivity index (χ1v) is 9.70. The Hall–Kier alpha value is -3.06. The molecule has 1 aromatic heterocycles. The fourth-order valence-corrected chi connectivity index (χ4v) is 3.57. The van der Waals surface area contributed by atoms with Crippen molar-refractivity contribution < 1.29 is 18.0 Å². The van der Waals surface area contributed by atoms with Crippen molar-refractivity contribution in [3.8, 4) is 11.1 Å². The Bertz CT molecular complexity index is 1090. The van der Waals surface area contributed by atoms with E-state index in [1.807, 2.05) is 0 Å². The molecule has 0 radical (unpaired) electrons. The van der Waals surface area contributed by atoms with Gasteiger partial charge in [-0.3, -0.25) is 4.79 Å². The third kappa shape index (κ3) is 4.11. The second-order valence-corrected chi connectivity index (χ2v) is 7.41. The number of pyridine rings is 1. The molecule has 1 atom stereocenters. The Morgan fingerprint density at radius 3 is 2.57 bits per heavy atom. The third-order valence-corrected chi connectivity index (χ3v) is 5.18. The number of rotatable bonds is 4. The number of alkyl halides is 1. The summed E-state index contributed by atoms with van der Waals surface area (Å²) in [5.74, 6) is -1.45. The first kappa shape index (κ1) is 20.2. The number of nitrogens with zero attached hydrogens (tertiary/aromatic N) is 2. The van der Waals surface area contributed by atoms with Crippen molar-refractivity contribution in [3.63, 3.8) is 0 Å². The smallest absolute Gasteiger partial charge is 0.255 e. The van der Waals surface area contributed by atoms with Gasteiger partial charge in [-0.25, -0.2) is 18.2 Å². The average Bonchev–Trinajstić information content (AvgIpc) is 3.16. The predicted octanol–water partition coefficient (Wildman–Crippen LogP) is 5.48. The molecule has 0 saturated carbocycles. The second-order valence-electron chi connectivity index (χ2n) is 6.97. The molecular formula is C22H17ClF3N3O. The summed E-state index contributed by atoms with van der Waals surface area (Å²) in [4.78, 5) is 18.8. The number of halogens is 4. The minimum Gasteiger partial charge on any atom is -0.352 e. The number of anilines is 2. The van der Waals surface area contributed by atoms with E-state index in [-0.39, 0.29) is 23.4 Å². The van der Waals surface area contributed by atoms with E-state index in [0.717, 1.165) is 18.2 Å². The molecule has 0 spiro atoms. The Kier molecular flexibility index (Phi) is 5.63. The van der Waals surface area contributed by atoms with E-state index in [1.165, 1.54) is 12.3 Å². The highest BCUT2D eigenvalue weighted by Crippen LogP contribution is 2.38. The predicted molar refractivity (Wildman–Crippen MR) is 111 cm³/mol. The molecule has 4 nitrogen and oxygen atoms in total. The minimum absolute atomic E-state index is 0.0268. The maximum atomic E-state index is 14.5. The van der Waals surface area contributed by atoms with Crippen molar-refractivity contribution in [2.45, 2.75) is 12.6 Å². The molecule has 1 N–H and O–H groups in total. The van der Waals surface area contributed by atoms with Crippen LogP contribution in [0.4, 0.5) is 24.7 Å². The van der Waals surface area contributed by atoms with Gasteiger partial charge in [-0.1, -0.05) is 11.6 Å². The van der Waals surface area contributed by atoms with Crippen molar-refractivity contribution in [3.05, 3.63) is 76.9 Å². The van der Waals surface area contributed by atoms with Crippen molar-refractivity contribution >= 4 is 29.0 Å². The van der Waals surface area contributed by atoms with Crippen LogP contribution in [-0.4, -0.2) is 30.2 Å². The lowest BCUT2D eigenvalue weighted by Gasteiger charge is -2.23. The molecule has 3 aromatic rings. The molecule has 1 saturated heterocycles. The first-order valence-electron chi connectivity index (χ1n) is 9.33. The molecule has 0 aliphatic carbocycles. The number of benzene rings is 2. The van der Waals surface area contributed by atoms with Crippen LogP contribution in [0.3, 0.4) is 0 Å². The number of nitrogens with one attached hydrogen (secondary N) is 1. The number of carbonyl (C=O) groups excluding carboxylic acids is 1. The summed E-state index contributed by atoms with van der Waals surface area (Å²) < 4.78 is 42.2. The molecule has 1 amide bonds. The summed E-state index contributed by atoms with van der Waals surface area (Å²) in [5.41, 5.74) is 0.739. The summed E-state index contributed by atoms with van der Waals surface area (Å²) in [6.45, 7) is 0.499. The minimum atomic E-state index is -1.03. The van der Waals surface area contributed by atoms with Gasteiger partial charge in [0.25, 0.3) is 5.91 Å². The van der Waals surface area contributed by atoms with Gasteiger partial charge in [0.1, 0.15) is 17.8 Å². The van der Waals surface area contributed by atoms with Crippen LogP contribution in [-0.2, 0) is 0 Å². The van der Waals surface area contributed by atoms with Gasteiger partial charge in [0.05, 0.1) is 12.2 Å². The van der Waals surface area contributed by atoms with Crippen molar-refractivity contribution in [2.75, 3.05) is 23.3 Å². The van der Waals surface area contributed by atoms with Gasteiger partial charge in [-0.2, -0.15) is 0 Å². The molecule has 1 fully saturated rings. The molecule has 0 unspecified atom stereocenters. The van der Waals surface area contributed by atoms with Gasteiger partial charge in [-0.15, -0.1) is 0 Å². The molecule has 0 bridgehead atoms. The van der Waals surface area contributed by atoms with Gasteiger partial charge >= 0.3 is 0 Å². The highest BCUT2D eigenvalue weighted by atomic mass is 35.5. The number of aromatic nitrogens is 1. The largest absolute Gasteiger partial charge is 0.352 e. The van der Waals surface area contributed by atoms with Gasteiger partial charge in [-0.05, 0) is 55.0 Å². The maximum absolute atomic E-state index is 14.5. The zero-order chi connectivity index (χ0) is 21.3. The SMILES string of the molecule is O=C(Nc1c(-c2cc(F)ccc2F)ccnc1N1CC[C@H](F)C1)c1ccc(Cl)cc1. The summed E-state index contributed by atoms with van der Waals surface area (Å²) >= 11 is 5.88. The normalized spacial score (nSPS) is 16.0. The fourth-order valence-electron chi connectivity index (χ4n) is 3.44. The highest BCUT2D eigenvalue weighted by molar-refractivity contribution is 6.30. The van der Waals surface area contributed by atoms with Crippen LogP contribution in [0.15, 0.2) is 54.7 Å². The van der Waals surface area contributed by atoms with Crippen LogP contribution in [0.1, 0.15) is 16.8 Å². The Morgan fingerprint density at radius 1 is 1.10 bits per heavy atom. The Labute approximate surface area is 176 Å². The highest BCUT2D eigenvalue weighted by Gasteiger charge is 2.27. The van der Waals surface area contributed by atoms with Crippen molar-refractivity contribution in [1.82, 2.24) is 4.98 Å². The number of amides is 1. The molecule has 1 aliphatic heterocycles. The van der Waals surface area contributed by atoms with E-state index in [9.17, 15) is 18.0 Å². The zero-order valence-corrected chi connectivity index (χ0v) is 16.5. The van der Waals surface area contributed by atoms with E-state index >= 15 is 0 Å². The molecule has 1 aliphatic rings. The molecule has 2 heterocycles. The Balaban J connectivity index is 1.81. The summed E-state index contributed by atoms with van der Waals surface area (Å²) in [6, 6.07) is 10.8. The zero-order valence-electron chi connectivity index (χ0n) is 15.7. The number of hydrogen-bond acceptors (Lipinski definition) is 3. The van der Waals surface area contributed by atoms with E-state index in [1.54, 1.807) is 29.2 Å². The summed E-state index contributed by atoms with van der Waals surface area (Å²) in [6.07, 6.45) is 0.727. The number of carbonyl (C=O) groups is 1. The molecular weight excluding hydrogens is 415 g/mol. The topological polar surface area (TPSA) is 45.2 Å². The number of hydrogen-bond donors (Lipinski definition) is 1. The summed E-state index contributed by atoms with van der Waals surface area (Å²) in [7, 11) is 0. The lowest BCUT2D eigenvalue weighted by atomic mass is 10.0. The van der Waals surface area contributed by atoms with E-state index in [2.05, 4.69) is 10.3 Å². The van der Waals surface area contributed by atoms with Gasteiger partial charge in [0.2, 0.25) is 0 Å². The van der Waals surface area contributed by atoms with Crippen LogP contribution >= 0.6 is 11.6 Å². The van der Waals surface area contributed by atoms with Gasteiger partial charge in [0, 0.05) is 34.5 Å². The lowest BCUT2D eigenvalue weighted by Crippen LogP contribution is -2.24. The lowest BCUT2D eigenvalue weighted by molar-refractivity contribution is 0.102. The van der Waals surface area contributed by atoms with Gasteiger partial charge in [0.15, 0.2) is 5.82 Å². The molecule has 154 valence electrons. The van der Waals surface area contributed by atoms with Crippen molar-refractivity contribution in [2.24, 2.45) is 0 Å². The van der Waals surface area contributed by atoms with Crippen LogP contribution in [0, 0.1) is 11.6 Å².